The maximum atomic E-state index is 14.1. The summed E-state index contributed by atoms with van der Waals surface area (Å²) in [7, 11) is 0. The molecule has 1 N–H and O–H groups in total. The van der Waals surface area contributed by atoms with Crippen molar-refractivity contribution < 1.29 is 42.9 Å². The van der Waals surface area contributed by atoms with Gasteiger partial charge in [-0.1, -0.05) is 50.2 Å². The summed E-state index contributed by atoms with van der Waals surface area (Å²) in [5.74, 6) is -3.04. The van der Waals surface area contributed by atoms with Crippen molar-refractivity contribution in [3.05, 3.63) is 154 Å². The second kappa shape index (κ2) is 15.3. The van der Waals surface area contributed by atoms with Crippen LogP contribution in [0.15, 0.2) is 125 Å². The summed E-state index contributed by atoms with van der Waals surface area (Å²) in [4.78, 5) is 59.4. The fourth-order valence-electron chi connectivity index (χ4n) is 9.91. The number of fused-ring (bicyclic) bond motifs is 4. The van der Waals surface area contributed by atoms with Gasteiger partial charge in [0, 0.05) is 35.4 Å². The molecule has 2 aromatic heterocycles. The van der Waals surface area contributed by atoms with Gasteiger partial charge in [0.15, 0.2) is 0 Å². The number of pyridine rings is 1. The zero-order valence-electron chi connectivity index (χ0n) is 32.7. The number of carbonyl (C=O) groups excluding carboxylic acids is 3. The van der Waals surface area contributed by atoms with E-state index in [1.165, 1.54) is 30.5 Å². The van der Waals surface area contributed by atoms with Crippen LogP contribution in [0.4, 0.5) is 0 Å². The van der Waals surface area contributed by atoms with Crippen molar-refractivity contribution in [2.45, 2.75) is 63.9 Å². The molecule has 3 heterocycles. The number of aromatic nitrogens is 1. The topological polar surface area (TPSA) is 175 Å². The lowest BCUT2D eigenvalue weighted by Crippen LogP contribution is -2.71. The molecule has 3 aromatic carbocycles. The molecule has 59 heavy (non-hydrogen) atoms. The van der Waals surface area contributed by atoms with Gasteiger partial charge in [-0.25, -0.2) is 19.2 Å². The third-order valence-electron chi connectivity index (χ3n) is 12.8. The summed E-state index contributed by atoms with van der Waals surface area (Å²) in [5, 5.41) is 22.0. The van der Waals surface area contributed by atoms with E-state index < -0.39 is 70.1 Å². The van der Waals surface area contributed by atoms with E-state index in [0.29, 0.717) is 35.1 Å². The zero-order valence-corrected chi connectivity index (χ0v) is 32.7. The molecular weight excluding hydrogens is 753 g/mol. The van der Waals surface area contributed by atoms with Crippen LogP contribution in [0, 0.1) is 34.0 Å². The highest BCUT2D eigenvalue weighted by atomic mass is 16.6. The summed E-state index contributed by atoms with van der Waals surface area (Å²) in [5.41, 5.74) is -2.59. The number of aliphatic hydroxyl groups excluding tert-OH is 1. The van der Waals surface area contributed by atoms with Crippen LogP contribution in [0.5, 0.6) is 5.75 Å². The molecule has 8 rings (SSSR count). The summed E-state index contributed by atoms with van der Waals surface area (Å²) < 4.78 is 31.5. The first-order chi connectivity index (χ1) is 28.4. The van der Waals surface area contributed by atoms with Gasteiger partial charge in [0.1, 0.15) is 41.5 Å². The van der Waals surface area contributed by atoms with Crippen molar-refractivity contribution in [3.8, 4) is 23.1 Å². The Kier molecular flexibility index (Phi) is 10.2. The molecule has 300 valence electrons. The molecule has 0 spiro atoms. The van der Waals surface area contributed by atoms with E-state index in [0.717, 1.165) is 0 Å². The van der Waals surface area contributed by atoms with Crippen LogP contribution in [-0.2, 0) is 14.2 Å². The average molecular weight is 795 g/mol. The number of hydrogen-bond acceptors (Lipinski definition) is 12. The molecule has 12 heteroatoms. The molecule has 0 radical (unpaired) electrons. The van der Waals surface area contributed by atoms with Gasteiger partial charge in [-0.05, 0) is 98.2 Å². The van der Waals surface area contributed by atoms with Crippen molar-refractivity contribution >= 4 is 17.9 Å². The Morgan fingerprint density at radius 1 is 0.847 bits per heavy atom. The highest BCUT2D eigenvalue weighted by Gasteiger charge is 2.71. The Balaban J connectivity index is 1.24. The second-order valence-electron chi connectivity index (χ2n) is 16.2. The van der Waals surface area contributed by atoms with Crippen molar-refractivity contribution in [2.24, 2.45) is 22.7 Å². The molecule has 8 atom stereocenters. The molecule has 2 fully saturated rings. The van der Waals surface area contributed by atoms with E-state index >= 15 is 0 Å². The number of esters is 3. The number of carbonyl (C=O) groups is 3. The Hall–Kier alpha value is -6.58. The molecular formula is C47H42N2O10. The number of nitriles is 1. The maximum absolute atomic E-state index is 14.1. The van der Waals surface area contributed by atoms with Gasteiger partial charge >= 0.3 is 23.5 Å². The van der Waals surface area contributed by atoms with Crippen molar-refractivity contribution in [2.75, 3.05) is 6.61 Å². The molecule has 12 nitrogen and oxygen atoms in total. The number of hydrogen-bond donors (Lipinski definition) is 1. The van der Waals surface area contributed by atoms with Gasteiger partial charge in [0.25, 0.3) is 0 Å². The van der Waals surface area contributed by atoms with Crippen molar-refractivity contribution in [1.82, 2.24) is 4.98 Å². The van der Waals surface area contributed by atoms with Crippen LogP contribution in [0.3, 0.4) is 0 Å². The lowest BCUT2D eigenvalue weighted by molar-refractivity contribution is -0.263. The first-order valence-corrected chi connectivity index (χ1v) is 19.5. The molecule has 0 amide bonds. The number of rotatable bonds is 8. The molecule has 2 saturated carbocycles. The van der Waals surface area contributed by atoms with Gasteiger partial charge in [0.2, 0.25) is 0 Å². The van der Waals surface area contributed by atoms with E-state index in [4.69, 9.17) is 23.4 Å². The van der Waals surface area contributed by atoms with E-state index in [1.54, 1.807) is 92.0 Å². The first-order valence-electron chi connectivity index (χ1n) is 19.5. The Labute approximate surface area is 340 Å². The average Bonchev–Trinajstić information content (AvgIpc) is 3.25. The molecule has 0 saturated heterocycles. The van der Waals surface area contributed by atoms with Crippen LogP contribution in [0.1, 0.15) is 88.3 Å². The van der Waals surface area contributed by atoms with Crippen LogP contribution >= 0.6 is 0 Å². The summed E-state index contributed by atoms with van der Waals surface area (Å²) in [6.45, 7) is 5.46. The predicted molar refractivity (Wildman–Crippen MR) is 212 cm³/mol. The molecule has 5 aromatic rings. The minimum atomic E-state index is -1.47. The van der Waals surface area contributed by atoms with Gasteiger partial charge in [-0.2, -0.15) is 5.26 Å². The number of aliphatic hydroxyl groups is 1. The largest absolute Gasteiger partial charge is 0.482 e. The molecule has 3 unspecified atom stereocenters. The van der Waals surface area contributed by atoms with Crippen LogP contribution in [-0.4, -0.2) is 52.4 Å². The minimum absolute atomic E-state index is 0.0750. The fraction of sp³-hybridized carbons (Fsp3) is 0.319. The lowest BCUT2D eigenvalue weighted by atomic mass is 9.42. The predicted octanol–water partition coefficient (Wildman–Crippen LogP) is 7.51. The quantitative estimate of drug-likeness (QED) is 0.121. The zero-order chi connectivity index (χ0) is 41.5. The summed E-state index contributed by atoms with van der Waals surface area (Å²) in [6.07, 6.45) is 0.618. The number of nitrogens with zero attached hydrogens (tertiary/aromatic N) is 2. The fourth-order valence-corrected chi connectivity index (χ4v) is 9.91. The van der Waals surface area contributed by atoms with Crippen LogP contribution in [0.25, 0.3) is 11.3 Å². The van der Waals surface area contributed by atoms with Crippen molar-refractivity contribution in [1.29, 1.82) is 5.26 Å². The standard InChI is InChI=1S/C47H42N2O10/c1-45-21-20-36(57-42(52)30-13-8-5-9-14-30)46(2,27-55-41(51)29-11-6-4-7-12-29)35(45)24-37(58-43(53)31-18-16-28(25-48)17-19-31)47(3)40(45)39(50)38-34(59-47)23-33(56-44(38)54)32-15-10-22-49-26-32/h4-19,22-23,26,35-37,39-40,50H,20-21,24,27H2,1-3H3/t35?,36-,37-,39-,40?,45-,46?,47+/m0/s1. The molecule has 1 aliphatic heterocycles. The lowest BCUT2D eigenvalue weighted by Gasteiger charge is -2.66. The Morgan fingerprint density at radius 2 is 1.47 bits per heavy atom. The smallest absolute Gasteiger partial charge is 0.345 e. The minimum Gasteiger partial charge on any atom is -0.482 e. The first kappa shape index (κ1) is 39.3. The van der Waals surface area contributed by atoms with Crippen LogP contribution < -0.4 is 10.4 Å². The van der Waals surface area contributed by atoms with Gasteiger partial charge in [0.05, 0.1) is 34.4 Å². The second-order valence-corrected chi connectivity index (χ2v) is 16.2. The van der Waals surface area contributed by atoms with E-state index in [9.17, 15) is 29.5 Å². The third-order valence-corrected chi connectivity index (χ3v) is 12.8. The van der Waals surface area contributed by atoms with E-state index in [-0.39, 0.29) is 35.7 Å². The number of ether oxygens (including phenoxy) is 4. The van der Waals surface area contributed by atoms with Gasteiger partial charge in [-0.15, -0.1) is 0 Å². The molecule has 2 aliphatic carbocycles. The highest BCUT2D eigenvalue weighted by Crippen LogP contribution is 2.67. The Bertz CT molecular complexity index is 2490. The summed E-state index contributed by atoms with van der Waals surface area (Å²) >= 11 is 0. The molecule has 3 aliphatic rings. The van der Waals surface area contributed by atoms with E-state index in [1.807, 2.05) is 19.9 Å². The third kappa shape index (κ3) is 6.95. The number of benzene rings is 3. The van der Waals surface area contributed by atoms with E-state index in [2.05, 4.69) is 4.98 Å². The van der Waals surface area contributed by atoms with Crippen molar-refractivity contribution in [3.63, 3.8) is 0 Å². The molecule has 0 bridgehead atoms. The summed E-state index contributed by atoms with van der Waals surface area (Å²) in [6, 6.07) is 30.2. The monoisotopic (exact) mass is 794 g/mol. The van der Waals surface area contributed by atoms with Crippen LogP contribution in [0.2, 0.25) is 0 Å². The van der Waals surface area contributed by atoms with Gasteiger partial charge in [-0.3, -0.25) is 4.98 Å². The SMILES string of the molecule is CC1(COC(=O)c2ccccc2)C2C[C@H](OC(=O)c3ccc(C#N)cc3)[C@@]3(C)Oc4cc(-c5cccnc5)oc(=O)c4[C@H](O)C3[C@@]2(C)CC[C@@H]1OC(=O)c1ccccc1. The maximum Gasteiger partial charge on any atom is 0.345 e. The van der Waals surface area contributed by atoms with Gasteiger partial charge < -0.3 is 28.5 Å². The Morgan fingerprint density at radius 3 is 2.10 bits per heavy atom. The normalized spacial score (nSPS) is 27.9. The highest BCUT2D eigenvalue weighted by molar-refractivity contribution is 5.90.